The van der Waals surface area contributed by atoms with E-state index in [9.17, 15) is 4.79 Å². The molecule has 0 unspecified atom stereocenters. The largest absolute Gasteiger partial charge is 0.332 e. The molecule has 0 spiro atoms. The Morgan fingerprint density at radius 1 is 1.27 bits per heavy atom. The Labute approximate surface area is 92.4 Å². The Morgan fingerprint density at radius 3 is 2.40 bits per heavy atom. The second-order valence-corrected chi connectivity index (χ2v) is 4.89. The number of rotatable bonds is 3. The number of carbonyl (C=O) groups is 1. The molecule has 1 aliphatic rings. The van der Waals surface area contributed by atoms with Gasteiger partial charge in [0, 0.05) is 25.2 Å². The fourth-order valence-electron chi connectivity index (χ4n) is 1.95. The number of hydrogen-bond donors (Lipinski definition) is 2. The highest BCUT2D eigenvalue weighted by atomic mass is 16.2. The molecule has 2 N–H and O–H groups in total. The lowest BCUT2D eigenvalue weighted by molar-refractivity contribution is 0.176. The van der Waals surface area contributed by atoms with Gasteiger partial charge in [0.1, 0.15) is 0 Å². The molecule has 88 valence electrons. The summed E-state index contributed by atoms with van der Waals surface area (Å²) in [6, 6.07) is 0.0787. The van der Waals surface area contributed by atoms with Crippen molar-refractivity contribution >= 4 is 6.03 Å². The smallest absolute Gasteiger partial charge is 0.317 e. The van der Waals surface area contributed by atoms with Crippen LogP contribution in [0.1, 0.15) is 33.1 Å². The first-order chi connectivity index (χ1) is 7.05. The van der Waals surface area contributed by atoms with Gasteiger partial charge in [-0.3, -0.25) is 0 Å². The average molecular weight is 213 g/mol. The molecule has 1 saturated heterocycles. The van der Waals surface area contributed by atoms with Crippen molar-refractivity contribution in [3.05, 3.63) is 0 Å². The maximum absolute atomic E-state index is 11.9. The summed E-state index contributed by atoms with van der Waals surface area (Å²) in [5.41, 5.74) is -0.177. The van der Waals surface area contributed by atoms with Crippen molar-refractivity contribution < 1.29 is 4.79 Å². The van der Waals surface area contributed by atoms with Gasteiger partial charge in [-0.15, -0.1) is 0 Å². The summed E-state index contributed by atoms with van der Waals surface area (Å²) in [4.78, 5) is 13.8. The van der Waals surface area contributed by atoms with Crippen molar-refractivity contribution in [1.29, 1.82) is 0 Å². The van der Waals surface area contributed by atoms with Crippen LogP contribution >= 0.6 is 0 Å². The first-order valence-electron chi connectivity index (χ1n) is 5.77. The standard InChI is InChI=1S/C11H23N3O/c1-11(2,9-12-3)13-10(15)14-7-5-4-6-8-14/h12H,4-9H2,1-3H3,(H,13,15). The third-order valence-electron chi connectivity index (χ3n) is 2.71. The average Bonchev–Trinajstić information content (AvgIpc) is 2.18. The number of nitrogens with zero attached hydrogens (tertiary/aromatic N) is 1. The topological polar surface area (TPSA) is 44.4 Å². The Hall–Kier alpha value is -0.770. The second-order valence-electron chi connectivity index (χ2n) is 4.89. The van der Waals surface area contributed by atoms with Crippen LogP contribution in [0.2, 0.25) is 0 Å². The van der Waals surface area contributed by atoms with Gasteiger partial charge in [-0.25, -0.2) is 4.79 Å². The second kappa shape index (κ2) is 5.35. The lowest BCUT2D eigenvalue weighted by atomic mass is 10.1. The van der Waals surface area contributed by atoms with Crippen molar-refractivity contribution in [2.24, 2.45) is 0 Å². The zero-order valence-corrected chi connectivity index (χ0v) is 10.1. The minimum absolute atomic E-state index is 0.0787. The van der Waals surface area contributed by atoms with E-state index in [1.165, 1.54) is 6.42 Å². The minimum Gasteiger partial charge on any atom is -0.332 e. The van der Waals surface area contributed by atoms with Crippen LogP contribution in [0.4, 0.5) is 4.79 Å². The minimum atomic E-state index is -0.177. The maximum atomic E-state index is 11.9. The zero-order valence-electron chi connectivity index (χ0n) is 10.1. The molecule has 0 atom stereocenters. The summed E-state index contributed by atoms with van der Waals surface area (Å²) in [6.07, 6.45) is 3.53. The number of nitrogens with one attached hydrogen (secondary N) is 2. The lowest BCUT2D eigenvalue weighted by Gasteiger charge is -2.32. The Bertz CT molecular complexity index is 210. The summed E-state index contributed by atoms with van der Waals surface area (Å²) in [5, 5.41) is 6.13. The molecule has 2 amide bonds. The van der Waals surface area contributed by atoms with Crippen molar-refractivity contribution in [1.82, 2.24) is 15.5 Å². The van der Waals surface area contributed by atoms with Gasteiger partial charge >= 0.3 is 6.03 Å². The van der Waals surface area contributed by atoms with E-state index in [1.54, 1.807) is 0 Å². The predicted molar refractivity (Wildman–Crippen MR) is 62.0 cm³/mol. The van der Waals surface area contributed by atoms with Gasteiger partial charge in [-0.1, -0.05) is 0 Å². The van der Waals surface area contributed by atoms with Crippen LogP contribution in [-0.4, -0.2) is 43.2 Å². The van der Waals surface area contributed by atoms with E-state index >= 15 is 0 Å². The van der Waals surface area contributed by atoms with E-state index in [2.05, 4.69) is 10.6 Å². The van der Waals surface area contributed by atoms with Crippen LogP contribution in [0, 0.1) is 0 Å². The van der Waals surface area contributed by atoms with Crippen molar-refractivity contribution in [3.63, 3.8) is 0 Å². The van der Waals surface area contributed by atoms with E-state index in [-0.39, 0.29) is 11.6 Å². The molecule has 0 radical (unpaired) electrons. The fourth-order valence-corrected chi connectivity index (χ4v) is 1.95. The normalized spacial score (nSPS) is 17.7. The number of likely N-dealkylation sites (N-methyl/N-ethyl adjacent to an activating group) is 1. The Balaban J connectivity index is 2.39. The highest BCUT2D eigenvalue weighted by Crippen LogP contribution is 2.10. The van der Waals surface area contributed by atoms with Gasteiger partial charge in [0.2, 0.25) is 0 Å². The van der Waals surface area contributed by atoms with Gasteiger partial charge in [0.25, 0.3) is 0 Å². The first kappa shape index (κ1) is 12.3. The molecule has 1 rings (SSSR count). The number of urea groups is 1. The molecule has 0 aromatic carbocycles. The van der Waals surface area contributed by atoms with E-state index in [0.29, 0.717) is 0 Å². The van der Waals surface area contributed by atoms with Gasteiger partial charge < -0.3 is 15.5 Å². The van der Waals surface area contributed by atoms with Gasteiger partial charge in [0.05, 0.1) is 0 Å². The van der Waals surface area contributed by atoms with E-state index in [4.69, 9.17) is 0 Å². The van der Waals surface area contributed by atoms with Crippen LogP contribution in [0.3, 0.4) is 0 Å². The van der Waals surface area contributed by atoms with Crippen molar-refractivity contribution in [2.75, 3.05) is 26.7 Å². The van der Waals surface area contributed by atoms with Crippen LogP contribution in [0.5, 0.6) is 0 Å². The summed E-state index contributed by atoms with van der Waals surface area (Å²) in [6.45, 7) is 6.66. The molecule has 0 aliphatic carbocycles. The molecule has 0 saturated carbocycles. The summed E-state index contributed by atoms with van der Waals surface area (Å²) in [5.74, 6) is 0. The molecule has 1 fully saturated rings. The Kier molecular flexibility index (Phi) is 4.39. The van der Waals surface area contributed by atoms with Gasteiger partial charge in [0.15, 0.2) is 0 Å². The number of piperidine rings is 1. The fraction of sp³-hybridized carbons (Fsp3) is 0.909. The molecule has 0 aromatic heterocycles. The summed E-state index contributed by atoms with van der Waals surface area (Å²) < 4.78 is 0. The number of carbonyl (C=O) groups excluding carboxylic acids is 1. The SMILES string of the molecule is CNCC(C)(C)NC(=O)N1CCCCC1. The van der Waals surface area contributed by atoms with Gasteiger partial charge in [-0.05, 0) is 40.2 Å². The highest BCUT2D eigenvalue weighted by Gasteiger charge is 2.23. The van der Waals surface area contributed by atoms with Crippen LogP contribution in [0.15, 0.2) is 0 Å². The number of hydrogen-bond acceptors (Lipinski definition) is 2. The quantitative estimate of drug-likeness (QED) is 0.739. The van der Waals surface area contributed by atoms with Crippen molar-refractivity contribution in [2.45, 2.75) is 38.6 Å². The molecule has 15 heavy (non-hydrogen) atoms. The molecule has 1 aliphatic heterocycles. The highest BCUT2D eigenvalue weighted by molar-refractivity contribution is 5.75. The van der Waals surface area contributed by atoms with Crippen LogP contribution < -0.4 is 10.6 Å². The molecule has 4 heteroatoms. The first-order valence-corrected chi connectivity index (χ1v) is 5.77. The molecule has 4 nitrogen and oxygen atoms in total. The van der Waals surface area contributed by atoms with Crippen molar-refractivity contribution in [3.8, 4) is 0 Å². The Morgan fingerprint density at radius 2 is 1.87 bits per heavy atom. The van der Waals surface area contributed by atoms with Crippen LogP contribution in [0.25, 0.3) is 0 Å². The summed E-state index contributed by atoms with van der Waals surface area (Å²) >= 11 is 0. The third-order valence-corrected chi connectivity index (χ3v) is 2.71. The number of amides is 2. The van der Waals surface area contributed by atoms with Crippen LogP contribution in [-0.2, 0) is 0 Å². The van der Waals surface area contributed by atoms with E-state index in [0.717, 1.165) is 32.5 Å². The van der Waals surface area contributed by atoms with E-state index in [1.807, 2.05) is 25.8 Å². The predicted octanol–water partition coefficient (Wildman–Crippen LogP) is 1.18. The monoisotopic (exact) mass is 213 g/mol. The molecular formula is C11H23N3O. The summed E-state index contributed by atoms with van der Waals surface area (Å²) in [7, 11) is 1.90. The molecular weight excluding hydrogens is 190 g/mol. The van der Waals surface area contributed by atoms with E-state index < -0.39 is 0 Å². The molecule has 0 bridgehead atoms. The van der Waals surface area contributed by atoms with Gasteiger partial charge in [-0.2, -0.15) is 0 Å². The molecule has 1 heterocycles. The number of likely N-dealkylation sites (tertiary alicyclic amines) is 1. The maximum Gasteiger partial charge on any atom is 0.317 e. The third kappa shape index (κ3) is 4.08. The molecule has 0 aromatic rings. The zero-order chi connectivity index (χ0) is 11.3. The lowest BCUT2D eigenvalue weighted by Crippen LogP contribution is -2.54.